The van der Waals surface area contributed by atoms with E-state index in [-0.39, 0.29) is 17.8 Å². The maximum absolute atomic E-state index is 12.9. The molecule has 1 aliphatic rings. The first-order valence-corrected chi connectivity index (χ1v) is 5.56. The summed E-state index contributed by atoms with van der Waals surface area (Å²) < 4.78 is 12.9. The van der Waals surface area contributed by atoms with Crippen LogP contribution in [0.15, 0.2) is 18.2 Å². The molecule has 1 saturated heterocycles. The quantitative estimate of drug-likeness (QED) is 0.713. The Labute approximate surface area is 94.7 Å². The molecule has 0 saturated carbocycles. The molecule has 0 spiro atoms. The minimum atomic E-state index is -0.314. The molecule has 1 aromatic carbocycles. The van der Waals surface area contributed by atoms with Crippen LogP contribution in [0, 0.1) is 11.7 Å². The van der Waals surface area contributed by atoms with Crippen LogP contribution in [0.4, 0.5) is 15.8 Å². The minimum absolute atomic E-state index is 0.221. The summed E-state index contributed by atoms with van der Waals surface area (Å²) in [6.07, 6.45) is 0.496. The van der Waals surface area contributed by atoms with Gasteiger partial charge in [-0.2, -0.15) is 0 Å². The summed E-state index contributed by atoms with van der Waals surface area (Å²) in [5.41, 5.74) is 7.11. The molecule has 0 aromatic heterocycles. The molecular weight excluding hydrogens is 207 g/mol. The molecule has 2 atom stereocenters. The Morgan fingerprint density at radius 1 is 1.50 bits per heavy atom. The van der Waals surface area contributed by atoms with E-state index in [1.54, 1.807) is 6.07 Å². The molecule has 2 rings (SSSR count). The summed E-state index contributed by atoms with van der Waals surface area (Å²) in [6, 6.07) is 4.46. The van der Waals surface area contributed by atoms with Gasteiger partial charge in [-0.1, -0.05) is 6.92 Å². The van der Waals surface area contributed by atoms with Crippen molar-refractivity contribution in [2.75, 3.05) is 23.7 Å². The zero-order chi connectivity index (χ0) is 11.7. The molecule has 16 heavy (non-hydrogen) atoms. The number of benzene rings is 1. The summed E-state index contributed by atoms with van der Waals surface area (Å²) in [6.45, 7) is 3.54. The highest BCUT2D eigenvalue weighted by molar-refractivity contribution is 5.67. The van der Waals surface area contributed by atoms with Gasteiger partial charge in [-0.25, -0.2) is 4.39 Å². The van der Waals surface area contributed by atoms with Crippen LogP contribution in [-0.4, -0.2) is 24.3 Å². The smallest absolute Gasteiger partial charge is 0.125 e. The van der Waals surface area contributed by atoms with Crippen molar-refractivity contribution in [3.8, 4) is 0 Å². The molecule has 0 amide bonds. The SMILES string of the molecule is CC1CN(c2ccc(F)cc2N)CCC1O. The van der Waals surface area contributed by atoms with E-state index in [1.807, 2.05) is 6.92 Å². The molecule has 1 aromatic rings. The van der Waals surface area contributed by atoms with Crippen LogP contribution in [0.5, 0.6) is 0 Å². The van der Waals surface area contributed by atoms with Crippen molar-refractivity contribution >= 4 is 11.4 Å². The number of nitrogen functional groups attached to an aromatic ring is 1. The Hall–Kier alpha value is -1.29. The predicted octanol–water partition coefficient (Wildman–Crippen LogP) is 1.61. The fraction of sp³-hybridized carbons (Fsp3) is 0.500. The van der Waals surface area contributed by atoms with E-state index in [0.29, 0.717) is 5.69 Å². The fourth-order valence-corrected chi connectivity index (χ4v) is 2.17. The number of hydrogen-bond acceptors (Lipinski definition) is 3. The van der Waals surface area contributed by atoms with E-state index in [9.17, 15) is 9.50 Å². The molecule has 4 heteroatoms. The lowest BCUT2D eigenvalue weighted by molar-refractivity contribution is 0.0971. The van der Waals surface area contributed by atoms with Crippen molar-refractivity contribution in [2.45, 2.75) is 19.4 Å². The average molecular weight is 224 g/mol. The second-order valence-corrected chi connectivity index (χ2v) is 4.48. The molecule has 1 fully saturated rings. The average Bonchev–Trinajstić information content (AvgIpc) is 2.22. The highest BCUT2D eigenvalue weighted by Crippen LogP contribution is 2.28. The summed E-state index contributed by atoms with van der Waals surface area (Å²) >= 11 is 0. The third-order valence-corrected chi connectivity index (χ3v) is 3.19. The normalized spacial score (nSPS) is 25.8. The summed E-state index contributed by atoms with van der Waals surface area (Å²) in [5, 5.41) is 9.64. The first kappa shape index (κ1) is 11.2. The summed E-state index contributed by atoms with van der Waals surface area (Å²) in [4.78, 5) is 2.10. The Bertz CT molecular complexity index is 383. The van der Waals surface area contributed by atoms with Crippen molar-refractivity contribution in [1.82, 2.24) is 0 Å². The van der Waals surface area contributed by atoms with Gasteiger partial charge in [0.05, 0.1) is 17.5 Å². The van der Waals surface area contributed by atoms with Gasteiger partial charge in [-0.15, -0.1) is 0 Å². The van der Waals surface area contributed by atoms with Crippen LogP contribution in [0.3, 0.4) is 0 Å². The van der Waals surface area contributed by atoms with Gasteiger partial charge in [0.25, 0.3) is 0 Å². The van der Waals surface area contributed by atoms with Gasteiger partial charge in [-0.3, -0.25) is 0 Å². The number of nitrogens with zero attached hydrogens (tertiary/aromatic N) is 1. The maximum Gasteiger partial charge on any atom is 0.125 e. The zero-order valence-corrected chi connectivity index (χ0v) is 9.36. The molecule has 0 bridgehead atoms. The molecule has 2 unspecified atom stereocenters. The van der Waals surface area contributed by atoms with Crippen molar-refractivity contribution in [2.24, 2.45) is 5.92 Å². The number of aliphatic hydroxyl groups excluding tert-OH is 1. The summed E-state index contributed by atoms with van der Waals surface area (Å²) in [7, 11) is 0. The van der Waals surface area contributed by atoms with E-state index in [0.717, 1.165) is 25.2 Å². The van der Waals surface area contributed by atoms with Gasteiger partial charge < -0.3 is 15.7 Å². The number of aliphatic hydroxyl groups is 1. The third-order valence-electron chi connectivity index (χ3n) is 3.19. The first-order valence-electron chi connectivity index (χ1n) is 5.56. The predicted molar refractivity (Wildman–Crippen MR) is 62.8 cm³/mol. The van der Waals surface area contributed by atoms with E-state index >= 15 is 0 Å². The van der Waals surface area contributed by atoms with Crippen LogP contribution >= 0.6 is 0 Å². The van der Waals surface area contributed by atoms with Gasteiger partial charge in [0.15, 0.2) is 0 Å². The molecule has 0 radical (unpaired) electrons. The monoisotopic (exact) mass is 224 g/mol. The van der Waals surface area contributed by atoms with E-state index < -0.39 is 0 Å². The van der Waals surface area contributed by atoms with Gasteiger partial charge in [0.2, 0.25) is 0 Å². The largest absolute Gasteiger partial charge is 0.397 e. The van der Waals surface area contributed by atoms with Crippen molar-refractivity contribution in [3.05, 3.63) is 24.0 Å². The van der Waals surface area contributed by atoms with Gasteiger partial charge in [-0.05, 0) is 30.5 Å². The molecule has 1 heterocycles. The Morgan fingerprint density at radius 3 is 2.88 bits per heavy atom. The molecule has 0 aliphatic carbocycles. The van der Waals surface area contributed by atoms with E-state index in [2.05, 4.69) is 4.90 Å². The number of nitrogens with two attached hydrogens (primary N) is 1. The number of halogens is 1. The van der Waals surface area contributed by atoms with Crippen LogP contribution in [0.1, 0.15) is 13.3 Å². The molecule has 3 N–H and O–H groups in total. The standard InChI is InChI=1S/C12H17FN2O/c1-8-7-15(5-4-12(8)16)11-3-2-9(13)6-10(11)14/h2-3,6,8,12,16H,4-5,7,14H2,1H3. The van der Waals surface area contributed by atoms with Gasteiger partial charge in [0, 0.05) is 13.1 Å². The second kappa shape index (κ2) is 4.29. The van der Waals surface area contributed by atoms with Crippen LogP contribution in [0.25, 0.3) is 0 Å². The maximum atomic E-state index is 12.9. The van der Waals surface area contributed by atoms with Gasteiger partial charge in [0.1, 0.15) is 5.82 Å². The van der Waals surface area contributed by atoms with Gasteiger partial charge >= 0.3 is 0 Å². The Kier molecular flexibility index (Phi) is 3.01. The third kappa shape index (κ3) is 2.11. The molecule has 1 aliphatic heterocycles. The lowest BCUT2D eigenvalue weighted by Crippen LogP contribution is -2.42. The number of hydrogen-bond donors (Lipinski definition) is 2. The lowest BCUT2D eigenvalue weighted by Gasteiger charge is -2.36. The molecule has 3 nitrogen and oxygen atoms in total. The fourth-order valence-electron chi connectivity index (χ4n) is 2.17. The Balaban J connectivity index is 2.18. The first-order chi connectivity index (χ1) is 7.58. The van der Waals surface area contributed by atoms with Crippen molar-refractivity contribution in [3.63, 3.8) is 0 Å². The highest BCUT2D eigenvalue weighted by atomic mass is 19.1. The highest BCUT2D eigenvalue weighted by Gasteiger charge is 2.25. The number of anilines is 2. The van der Waals surface area contributed by atoms with Crippen LogP contribution in [-0.2, 0) is 0 Å². The zero-order valence-electron chi connectivity index (χ0n) is 9.36. The Morgan fingerprint density at radius 2 is 2.25 bits per heavy atom. The van der Waals surface area contributed by atoms with Crippen molar-refractivity contribution < 1.29 is 9.50 Å². The van der Waals surface area contributed by atoms with E-state index in [1.165, 1.54) is 12.1 Å². The minimum Gasteiger partial charge on any atom is -0.397 e. The topological polar surface area (TPSA) is 49.5 Å². The van der Waals surface area contributed by atoms with Crippen LogP contribution < -0.4 is 10.6 Å². The van der Waals surface area contributed by atoms with Crippen molar-refractivity contribution in [1.29, 1.82) is 0 Å². The summed E-state index contributed by atoms with van der Waals surface area (Å²) in [5.74, 6) is -0.0930. The lowest BCUT2D eigenvalue weighted by atomic mass is 9.96. The number of rotatable bonds is 1. The van der Waals surface area contributed by atoms with Crippen LogP contribution in [0.2, 0.25) is 0 Å². The molecular formula is C12H17FN2O. The van der Waals surface area contributed by atoms with E-state index in [4.69, 9.17) is 5.73 Å². The number of piperidine rings is 1. The second-order valence-electron chi connectivity index (χ2n) is 4.48. The molecule has 88 valence electrons.